The van der Waals surface area contributed by atoms with Crippen LogP contribution in [0.3, 0.4) is 0 Å². The Bertz CT molecular complexity index is 758. The van der Waals surface area contributed by atoms with E-state index >= 15 is 0 Å². The summed E-state index contributed by atoms with van der Waals surface area (Å²) in [5.41, 5.74) is 5.35. The second-order valence-electron chi connectivity index (χ2n) is 7.67. The van der Waals surface area contributed by atoms with Crippen molar-refractivity contribution in [1.29, 1.82) is 0 Å². The topological polar surface area (TPSA) is 35.9 Å². The van der Waals surface area contributed by atoms with Crippen LogP contribution >= 0.6 is 0 Å². The number of rotatable bonds is 5. The Balaban J connectivity index is 2.17. The lowest BCUT2D eigenvalue weighted by molar-refractivity contribution is -0.127. The average Bonchev–Trinajstić information content (AvgIpc) is 2.77. The second kappa shape index (κ2) is 7.48. The molecule has 0 saturated carbocycles. The van der Waals surface area contributed by atoms with Gasteiger partial charge >= 0.3 is 0 Å². The van der Waals surface area contributed by atoms with Crippen molar-refractivity contribution >= 4 is 11.6 Å². The Morgan fingerprint density at radius 1 is 1.31 bits per heavy atom. The third-order valence-corrected chi connectivity index (χ3v) is 5.05. The zero-order valence-corrected chi connectivity index (χ0v) is 16.3. The molecule has 0 aromatic heterocycles. The minimum absolute atomic E-state index is 0.0888. The molecule has 4 nitrogen and oxygen atoms in total. The van der Waals surface area contributed by atoms with Crippen molar-refractivity contribution in [2.75, 3.05) is 26.7 Å². The summed E-state index contributed by atoms with van der Waals surface area (Å²) in [6.45, 7) is 12.4. The largest absolute Gasteiger partial charge is 0.368 e. The van der Waals surface area contributed by atoms with Gasteiger partial charge in [-0.15, -0.1) is 6.58 Å². The van der Waals surface area contributed by atoms with Crippen LogP contribution in [0.2, 0.25) is 0 Å². The molecule has 1 amide bonds. The van der Waals surface area contributed by atoms with E-state index in [1.165, 1.54) is 5.56 Å². The van der Waals surface area contributed by atoms with Gasteiger partial charge in [-0.3, -0.25) is 9.79 Å². The molecule has 2 aliphatic rings. The number of hydrogen-bond acceptors (Lipinski definition) is 3. The molecule has 0 saturated heterocycles. The molecular formula is C22H29N3O. The van der Waals surface area contributed by atoms with Crippen LogP contribution in [0.15, 0.2) is 53.2 Å². The molecule has 1 aromatic carbocycles. The molecular weight excluding hydrogens is 322 g/mol. The van der Waals surface area contributed by atoms with Gasteiger partial charge in [0, 0.05) is 31.4 Å². The maximum atomic E-state index is 13.3. The van der Waals surface area contributed by atoms with Crippen molar-refractivity contribution in [2.45, 2.75) is 33.2 Å². The SMILES string of the molecule is C=CCN1C(=O)C2=C(C(CC(C)C)=NCCN2C)C1c1ccc(C)cc1. The molecule has 2 heterocycles. The first kappa shape index (κ1) is 18.4. The molecule has 0 radical (unpaired) electrons. The molecule has 1 aromatic rings. The van der Waals surface area contributed by atoms with E-state index in [2.05, 4.69) is 56.5 Å². The zero-order valence-electron chi connectivity index (χ0n) is 16.3. The van der Waals surface area contributed by atoms with E-state index in [1.807, 2.05) is 18.0 Å². The van der Waals surface area contributed by atoms with Gasteiger partial charge in [0.2, 0.25) is 0 Å². The van der Waals surface area contributed by atoms with Gasteiger partial charge in [-0.05, 0) is 24.8 Å². The highest BCUT2D eigenvalue weighted by Crippen LogP contribution is 2.41. The van der Waals surface area contributed by atoms with Gasteiger partial charge in [-0.25, -0.2) is 0 Å². The lowest BCUT2D eigenvalue weighted by atomic mass is 9.90. The van der Waals surface area contributed by atoms with Crippen molar-refractivity contribution in [3.8, 4) is 0 Å². The zero-order chi connectivity index (χ0) is 18.8. The predicted molar refractivity (Wildman–Crippen MR) is 107 cm³/mol. The molecule has 4 heteroatoms. The minimum atomic E-state index is -0.0888. The van der Waals surface area contributed by atoms with Crippen LogP contribution in [0, 0.1) is 12.8 Å². The van der Waals surface area contributed by atoms with E-state index in [1.54, 1.807) is 0 Å². The van der Waals surface area contributed by atoms with Gasteiger partial charge in [0.15, 0.2) is 0 Å². The summed E-state index contributed by atoms with van der Waals surface area (Å²) < 4.78 is 0. The third-order valence-electron chi connectivity index (χ3n) is 5.05. The van der Waals surface area contributed by atoms with Crippen molar-refractivity contribution in [3.05, 3.63) is 59.3 Å². The van der Waals surface area contributed by atoms with E-state index in [0.717, 1.165) is 42.1 Å². The van der Waals surface area contributed by atoms with E-state index in [4.69, 9.17) is 4.99 Å². The average molecular weight is 351 g/mol. The molecule has 1 atom stereocenters. The molecule has 3 rings (SSSR count). The van der Waals surface area contributed by atoms with Gasteiger partial charge in [-0.1, -0.05) is 49.8 Å². The van der Waals surface area contributed by atoms with Crippen LogP contribution in [-0.2, 0) is 4.79 Å². The molecule has 26 heavy (non-hydrogen) atoms. The summed E-state index contributed by atoms with van der Waals surface area (Å²) in [5.74, 6) is 0.583. The normalized spacial score (nSPS) is 20.4. The van der Waals surface area contributed by atoms with Gasteiger partial charge < -0.3 is 9.80 Å². The molecule has 1 unspecified atom stereocenters. The third kappa shape index (κ3) is 3.33. The predicted octanol–water partition coefficient (Wildman–Crippen LogP) is 3.75. The Kier molecular flexibility index (Phi) is 5.30. The Hall–Kier alpha value is -2.36. The molecule has 0 spiro atoms. The number of hydrogen-bond donors (Lipinski definition) is 0. The van der Waals surface area contributed by atoms with E-state index < -0.39 is 0 Å². The first-order valence-electron chi connectivity index (χ1n) is 9.41. The smallest absolute Gasteiger partial charge is 0.271 e. The number of likely N-dealkylation sites (N-methyl/N-ethyl adjacent to an activating group) is 1. The highest BCUT2D eigenvalue weighted by atomic mass is 16.2. The first-order valence-corrected chi connectivity index (χ1v) is 9.41. The number of aliphatic imine (C=N–C) groups is 1. The number of carbonyl (C=O) groups excluding carboxylic acids is 1. The van der Waals surface area contributed by atoms with Crippen molar-refractivity contribution in [2.24, 2.45) is 10.9 Å². The van der Waals surface area contributed by atoms with Crippen molar-refractivity contribution in [3.63, 3.8) is 0 Å². The number of aryl methyl sites for hydroxylation is 1. The fourth-order valence-corrected chi connectivity index (χ4v) is 3.83. The quantitative estimate of drug-likeness (QED) is 0.758. The monoisotopic (exact) mass is 351 g/mol. The highest BCUT2D eigenvalue weighted by Gasteiger charge is 2.43. The Morgan fingerprint density at radius 2 is 2.00 bits per heavy atom. The molecule has 0 fully saturated rings. The summed E-state index contributed by atoms with van der Waals surface area (Å²) in [5, 5.41) is 0. The van der Waals surface area contributed by atoms with Gasteiger partial charge in [-0.2, -0.15) is 0 Å². The first-order chi connectivity index (χ1) is 12.4. The standard InChI is InChI=1S/C22H29N3O/c1-6-12-25-20(17-9-7-16(4)8-10-17)19-18(14-15(2)3)23-11-13-24(5)21(19)22(25)26/h6-10,15,20H,1,11-14H2,2-5H3. The lowest BCUT2D eigenvalue weighted by Crippen LogP contribution is -2.34. The van der Waals surface area contributed by atoms with Crippen LogP contribution in [-0.4, -0.2) is 48.1 Å². The fourth-order valence-electron chi connectivity index (χ4n) is 3.83. The minimum Gasteiger partial charge on any atom is -0.368 e. The van der Waals surface area contributed by atoms with Crippen LogP contribution in [0.4, 0.5) is 0 Å². The van der Waals surface area contributed by atoms with E-state index in [-0.39, 0.29) is 11.9 Å². The molecule has 138 valence electrons. The van der Waals surface area contributed by atoms with Gasteiger partial charge in [0.05, 0.1) is 12.6 Å². The summed E-state index contributed by atoms with van der Waals surface area (Å²) >= 11 is 0. The summed E-state index contributed by atoms with van der Waals surface area (Å²) in [7, 11) is 2.00. The second-order valence-corrected chi connectivity index (χ2v) is 7.67. The van der Waals surface area contributed by atoms with Crippen LogP contribution in [0.25, 0.3) is 0 Å². The molecule has 0 aliphatic carbocycles. The van der Waals surface area contributed by atoms with E-state index in [0.29, 0.717) is 12.5 Å². The lowest BCUT2D eigenvalue weighted by Gasteiger charge is -2.27. The Labute approximate surface area is 156 Å². The van der Waals surface area contributed by atoms with Crippen molar-refractivity contribution < 1.29 is 4.79 Å². The van der Waals surface area contributed by atoms with Gasteiger partial charge in [0.1, 0.15) is 5.70 Å². The summed E-state index contributed by atoms with van der Waals surface area (Å²) in [4.78, 5) is 22.2. The van der Waals surface area contributed by atoms with Crippen LogP contribution in [0.5, 0.6) is 0 Å². The fraction of sp³-hybridized carbons (Fsp3) is 0.455. The van der Waals surface area contributed by atoms with Crippen LogP contribution in [0.1, 0.15) is 37.4 Å². The van der Waals surface area contributed by atoms with E-state index in [9.17, 15) is 4.79 Å². The van der Waals surface area contributed by atoms with Crippen LogP contribution < -0.4 is 0 Å². The molecule has 0 bridgehead atoms. The number of carbonyl (C=O) groups is 1. The Morgan fingerprint density at radius 3 is 2.62 bits per heavy atom. The molecule has 2 aliphatic heterocycles. The highest BCUT2D eigenvalue weighted by molar-refractivity contribution is 6.12. The maximum absolute atomic E-state index is 13.3. The number of nitrogens with zero attached hydrogens (tertiary/aromatic N) is 3. The summed E-state index contributed by atoms with van der Waals surface area (Å²) in [6.07, 6.45) is 2.70. The summed E-state index contributed by atoms with van der Waals surface area (Å²) in [6, 6.07) is 8.41. The maximum Gasteiger partial charge on any atom is 0.271 e. The molecule has 0 N–H and O–H groups in total. The van der Waals surface area contributed by atoms with Crippen molar-refractivity contribution in [1.82, 2.24) is 9.80 Å². The number of benzene rings is 1. The number of amides is 1. The van der Waals surface area contributed by atoms with Gasteiger partial charge in [0.25, 0.3) is 5.91 Å².